The van der Waals surface area contributed by atoms with Gasteiger partial charge in [-0.3, -0.25) is 4.57 Å². The second-order valence-electron chi connectivity index (χ2n) is 3.84. The first-order chi connectivity index (χ1) is 8.86. The van der Waals surface area contributed by atoms with Crippen LogP contribution in [0.15, 0.2) is 30.3 Å². The van der Waals surface area contributed by atoms with Gasteiger partial charge in [-0.2, -0.15) is 13.2 Å². The van der Waals surface area contributed by atoms with Crippen molar-refractivity contribution in [3.05, 3.63) is 41.5 Å². The molecule has 1 aromatic carbocycles. The third-order valence-electron chi connectivity index (χ3n) is 2.63. The van der Waals surface area contributed by atoms with Crippen LogP contribution in [0.2, 0.25) is 0 Å². The standard InChI is InChI=1S/C12H9ClF3NO2/c13-6-7-5-10(18)17(11(7)19)9-4-2-1-3-8(9)12(14,15)16/h1-5,18-19H,6H2. The van der Waals surface area contributed by atoms with Gasteiger partial charge in [0.05, 0.1) is 17.1 Å². The van der Waals surface area contributed by atoms with Crippen LogP contribution < -0.4 is 0 Å². The molecule has 0 saturated heterocycles. The molecule has 2 aromatic rings. The highest BCUT2D eigenvalue weighted by atomic mass is 35.5. The molecule has 2 rings (SSSR count). The van der Waals surface area contributed by atoms with Gasteiger partial charge in [0.2, 0.25) is 5.88 Å². The van der Waals surface area contributed by atoms with E-state index in [1.165, 1.54) is 12.1 Å². The summed E-state index contributed by atoms with van der Waals surface area (Å²) in [5.74, 6) is -1.14. The Morgan fingerprint density at radius 3 is 2.32 bits per heavy atom. The average molecular weight is 292 g/mol. The molecule has 0 amide bonds. The second kappa shape index (κ2) is 4.70. The summed E-state index contributed by atoms with van der Waals surface area (Å²) in [6, 6.07) is 5.75. The van der Waals surface area contributed by atoms with Crippen LogP contribution in [0.3, 0.4) is 0 Å². The molecule has 0 atom stereocenters. The Balaban J connectivity index is 2.70. The highest BCUT2D eigenvalue weighted by molar-refractivity contribution is 6.17. The second-order valence-corrected chi connectivity index (χ2v) is 4.10. The van der Waals surface area contributed by atoms with Crippen molar-refractivity contribution in [2.75, 3.05) is 0 Å². The van der Waals surface area contributed by atoms with Crippen molar-refractivity contribution in [1.29, 1.82) is 0 Å². The van der Waals surface area contributed by atoms with Crippen molar-refractivity contribution < 1.29 is 23.4 Å². The molecule has 3 nitrogen and oxygen atoms in total. The molecule has 19 heavy (non-hydrogen) atoms. The smallest absolute Gasteiger partial charge is 0.418 e. The van der Waals surface area contributed by atoms with Crippen LogP contribution in [-0.4, -0.2) is 14.8 Å². The van der Waals surface area contributed by atoms with E-state index in [4.69, 9.17) is 11.6 Å². The number of benzene rings is 1. The summed E-state index contributed by atoms with van der Waals surface area (Å²) in [6.07, 6.45) is -4.60. The van der Waals surface area contributed by atoms with Gasteiger partial charge in [0, 0.05) is 11.6 Å². The summed E-state index contributed by atoms with van der Waals surface area (Å²) in [4.78, 5) is 0. The number of nitrogens with zero attached hydrogens (tertiary/aromatic N) is 1. The molecule has 1 aromatic heterocycles. The fourth-order valence-electron chi connectivity index (χ4n) is 1.78. The molecule has 0 aliphatic carbocycles. The Bertz CT molecular complexity index is 608. The van der Waals surface area contributed by atoms with Crippen LogP contribution in [0.1, 0.15) is 11.1 Å². The minimum absolute atomic E-state index is 0.124. The number of aromatic hydroxyl groups is 2. The normalized spacial score (nSPS) is 11.8. The Morgan fingerprint density at radius 2 is 1.79 bits per heavy atom. The van der Waals surface area contributed by atoms with E-state index in [1.54, 1.807) is 0 Å². The van der Waals surface area contributed by atoms with Crippen molar-refractivity contribution >= 4 is 11.6 Å². The first kappa shape index (κ1) is 13.6. The number of aromatic nitrogens is 1. The maximum Gasteiger partial charge on any atom is 0.418 e. The molecule has 0 aliphatic heterocycles. The van der Waals surface area contributed by atoms with Crippen molar-refractivity contribution in [3.63, 3.8) is 0 Å². The fraction of sp³-hybridized carbons (Fsp3) is 0.167. The molecular formula is C12H9ClF3NO2. The van der Waals surface area contributed by atoms with Gasteiger partial charge in [-0.25, -0.2) is 0 Å². The first-order valence-corrected chi connectivity index (χ1v) is 5.75. The number of hydrogen-bond donors (Lipinski definition) is 2. The zero-order valence-electron chi connectivity index (χ0n) is 9.45. The third kappa shape index (κ3) is 2.35. The summed E-state index contributed by atoms with van der Waals surface area (Å²) < 4.78 is 39.4. The number of halogens is 4. The molecule has 2 N–H and O–H groups in total. The van der Waals surface area contributed by atoms with E-state index in [9.17, 15) is 23.4 Å². The number of para-hydroxylation sites is 1. The zero-order chi connectivity index (χ0) is 14.2. The minimum Gasteiger partial charge on any atom is -0.494 e. The molecule has 1 heterocycles. The van der Waals surface area contributed by atoms with Crippen LogP contribution >= 0.6 is 11.6 Å². The zero-order valence-corrected chi connectivity index (χ0v) is 10.2. The SMILES string of the molecule is Oc1cc(CCl)c(O)n1-c1ccccc1C(F)(F)F. The quantitative estimate of drug-likeness (QED) is 0.830. The predicted octanol–water partition coefficient (Wildman–Crippen LogP) is 3.65. The summed E-state index contributed by atoms with van der Waals surface area (Å²) in [7, 11) is 0. The van der Waals surface area contributed by atoms with E-state index in [-0.39, 0.29) is 17.1 Å². The Labute approximate surface area is 111 Å². The van der Waals surface area contributed by atoms with E-state index in [2.05, 4.69) is 0 Å². The summed E-state index contributed by atoms with van der Waals surface area (Å²) in [5, 5.41) is 19.5. The molecule has 0 aliphatic rings. The van der Waals surface area contributed by atoms with Crippen LogP contribution in [0.5, 0.6) is 11.8 Å². The van der Waals surface area contributed by atoms with E-state index >= 15 is 0 Å². The summed E-state index contributed by atoms with van der Waals surface area (Å²) in [5.41, 5.74) is -1.17. The summed E-state index contributed by atoms with van der Waals surface area (Å²) >= 11 is 5.53. The lowest BCUT2D eigenvalue weighted by atomic mass is 10.1. The molecular weight excluding hydrogens is 283 g/mol. The molecule has 0 bridgehead atoms. The van der Waals surface area contributed by atoms with Gasteiger partial charge < -0.3 is 10.2 Å². The van der Waals surface area contributed by atoms with Gasteiger partial charge in [0.25, 0.3) is 0 Å². The van der Waals surface area contributed by atoms with Crippen LogP contribution in [-0.2, 0) is 12.1 Å². The van der Waals surface area contributed by atoms with Gasteiger partial charge in [0.15, 0.2) is 5.88 Å². The molecule has 0 radical (unpaired) electrons. The maximum absolute atomic E-state index is 12.9. The van der Waals surface area contributed by atoms with Gasteiger partial charge in [-0.15, -0.1) is 11.6 Å². The van der Waals surface area contributed by atoms with Crippen LogP contribution in [0, 0.1) is 0 Å². The fourth-order valence-corrected chi connectivity index (χ4v) is 1.98. The molecule has 0 saturated carbocycles. The van der Waals surface area contributed by atoms with E-state index in [0.717, 1.165) is 18.2 Å². The lowest BCUT2D eigenvalue weighted by Gasteiger charge is -2.14. The largest absolute Gasteiger partial charge is 0.494 e. The number of hydrogen-bond acceptors (Lipinski definition) is 2. The lowest BCUT2D eigenvalue weighted by Crippen LogP contribution is -2.10. The molecule has 0 unspecified atom stereocenters. The number of rotatable bonds is 2. The Hall–Kier alpha value is -1.82. The van der Waals surface area contributed by atoms with Crippen molar-refractivity contribution in [3.8, 4) is 17.4 Å². The predicted molar refractivity (Wildman–Crippen MR) is 63.7 cm³/mol. The van der Waals surface area contributed by atoms with Gasteiger partial charge in [0.1, 0.15) is 0 Å². The van der Waals surface area contributed by atoms with E-state index in [0.29, 0.717) is 4.57 Å². The van der Waals surface area contributed by atoms with Crippen molar-refractivity contribution in [2.45, 2.75) is 12.1 Å². The first-order valence-electron chi connectivity index (χ1n) is 5.21. The van der Waals surface area contributed by atoms with Gasteiger partial charge in [-0.1, -0.05) is 12.1 Å². The van der Waals surface area contributed by atoms with E-state index < -0.39 is 23.5 Å². The van der Waals surface area contributed by atoms with Crippen LogP contribution in [0.4, 0.5) is 13.2 Å². The third-order valence-corrected chi connectivity index (χ3v) is 2.91. The van der Waals surface area contributed by atoms with Gasteiger partial charge >= 0.3 is 6.18 Å². The van der Waals surface area contributed by atoms with Crippen molar-refractivity contribution in [2.24, 2.45) is 0 Å². The Kier molecular flexibility index (Phi) is 3.36. The highest BCUT2D eigenvalue weighted by Gasteiger charge is 2.34. The monoisotopic (exact) mass is 291 g/mol. The van der Waals surface area contributed by atoms with Crippen molar-refractivity contribution in [1.82, 2.24) is 4.57 Å². The average Bonchev–Trinajstić information content (AvgIpc) is 2.63. The molecule has 0 spiro atoms. The molecule has 7 heteroatoms. The molecule has 0 fully saturated rings. The maximum atomic E-state index is 12.9. The van der Waals surface area contributed by atoms with E-state index in [1.807, 2.05) is 0 Å². The van der Waals surface area contributed by atoms with Gasteiger partial charge in [-0.05, 0) is 12.1 Å². The minimum atomic E-state index is -4.60. The topological polar surface area (TPSA) is 45.4 Å². The van der Waals surface area contributed by atoms with Crippen LogP contribution in [0.25, 0.3) is 5.69 Å². The Morgan fingerprint density at radius 1 is 1.16 bits per heavy atom. The summed E-state index contributed by atoms with van der Waals surface area (Å²) in [6.45, 7) is 0. The highest BCUT2D eigenvalue weighted by Crippen LogP contribution is 2.39. The number of alkyl halides is 4. The lowest BCUT2D eigenvalue weighted by molar-refractivity contribution is -0.137. The molecule has 102 valence electrons.